The Labute approximate surface area is 135 Å². The number of nitrogens with one attached hydrogen (secondary N) is 1. The van der Waals surface area contributed by atoms with E-state index in [4.69, 9.17) is 0 Å². The Morgan fingerprint density at radius 1 is 1.13 bits per heavy atom. The van der Waals surface area contributed by atoms with Crippen LogP contribution in [0.25, 0.3) is 0 Å². The second-order valence-corrected chi connectivity index (χ2v) is 5.60. The monoisotopic (exact) mass is 312 g/mol. The van der Waals surface area contributed by atoms with Gasteiger partial charge in [-0.1, -0.05) is 29.8 Å². The molecule has 0 radical (unpaired) electrons. The van der Waals surface area contributed by atoms with Gasteiger partial charge in [-0.05, 0) is 44.4 Å². The van der Waals surface area contributed by atoms with Gasteiger partial charge in [-0.25, -0.2) is 0 Å². The van der Waals surface area contributed by atoms with Crippen LogP contribution in [0.5, 0.6) is 0 Å². The summed E-state index contributed by atoms with van der Waals surface area (Å²) in [5.41, 5.74) is 3.44. The maximum absolute atomic E-state index is 12.1. The number of rotatable bonds is 6. The molecular formula is C18H20N2O3. The first-order valence-corrected chi connectivity index (χ1v) is 7.56. The summed E-state index contributed by atoms with van der Waals surface area (Å²) in [5.74, 6) is -0.202. The van der Waals surface area contributed by atoms with E-state index in [1.165, 1.54) is 23.3 Å². The fourth-order valence-corrected chi connectivity index (χ4v) is 2.35. The van der Waals surface area contributed by atoms with E-state index < -0.39 is 4.92 Å². The summed E-state index contributed by atoms with van der Waals surface area (Å²) < 4.78 is 0. The number of nitrogens with zero attached hydrogens (tertiary/aromatic N) is 1. The van der Waals surface area contributed by atoms with Crippen molar-refractivity contribution in [2.75, 3.05) is 6.54 Å². The molecule has 120 valence electrons. The highest BCUT2D eigenvalue weighted by molar-refractivity contribution is 5.94. The zero-order valence-corrected chi connectivity index (χ0v) is 13.3. The Morgan fingerprint density at radius 2 is 1.83 bits per heavy atom. The second-order valence-electron chi connectivity index (χ2n) is 5.60. The van der Waals surface area contributed by atoms with E-state index in [0.29, 0.717) is 17.7 Å². The standard InChI is InChI=1S/C18H20N2O3/c1-13-5-7-15(8-6-13)4-3-11-19-18(21)16-9-10-17(20(22)23)14(2)12-16/h5-10,12H,3-4,11H2,1-2H3,(H,19,21). The molecule has 0 heterocycles. The van der Waals surface area contributed by atoms with Gasteiger partial charge in [0, 0.05) is 23.7 Å². The van der Waals surface area contributed by atoms with Crippen LogP contribution >= 0.6 is 0 Å². The molecule has 2 aromatic carbocycles. The summed E-state index contributed by atoms with van der Waals surface area (Å²) in [4.78, 5) is 22.4. The summed E-state index contributed by atoms with van der Waals surface area (Å²) in [5, 5.41) is 13.6. The number of amides is 1. The number of nitro groups is 1. The Balaban J connectivity index is 1.84. The van der Waals surface area contributed by atoms with Crippen LogP contribution in [0, 0.1) is 24.0 Å². The molecular weight excluding hydrogens is 292 g/mol. The smallest absolute Gasteiger partial charge is 0.272 e. The van der Waals surface area contributed by atoms with Crippen molar-refractivity contribution >= 4 is 11.6 Å². The van der Waals surface area contributed by atoms with Gasteiger partial charge in [-0.3, -0.25) is 14.9 Å². The van der Waals surface area contributed by atoms with E-state index in [2.05, 4.69) is 36.5 Å². The Bertz CT molecular complexity index is 709. The summed E-state index contributed by atoms with van der Waals surface area (Å²) in [6.07, 6.45) is 1.75. The van der Waals surface area contributed by atoms with Crippen molar-refractivity contribution in [1.82, 2.24) is 5.32 Å². The van der Waals surface area contributed by atoms with E-state index in [1.807, 2.05) is 0 Å². The van der Waals surface area contributed by atoms with Crippen LogP contribution < -0.4 is 5.32 Å². The molecule has 23 heavy (non-hydrogen) atoms. The van der Waals surface area contributed by atoms with Crippen LogP contribution in [0.4, 0.5) is 5.69 Å². The van der Waals surface area contributed by atoms with Gasteiger partial charge < -0.3 is 5.32 Å². The third-order valence-corrected chi connectivity index (χ3v) is 3.70. The van der Waals surface area contributed by atoms with Gasteiger partial charge in [0.1, 0.15) is 0 Å². The van der Waals surface area contributed by atoms with Gasteiger partial charge >= 0.3 is 0 Å². The first kappa shape index (κ1) is 16.7. The van der Waals surface area contributed by atoms with Crippen LogP contribution in [0.15, 0.2) is 42.5 Å². The molecule has 2 aromatic rings. The Hall–Kier alpha value is -2.69. The van der Waals surface area contributed by atoms with E-state index in [1.54, 1.807) is 13.0 Å². The van der Waals surface area contributed by atoms with Gasteiger partial charge in [0.15, 0.2) is 0 Å². The molecule has 0 bridgehead atoms. The van der Waals surface area contributed by atoms with Crippen molar-refractivity contribution in [3.05, 3.63) is 74.8 Å². The van der Waals surface area contributed by atoms with Gasteiger partial charge in [0.25, 0.3) is 11.6 Å². The zero-order valence-electron chi connectivity index (χ0n) is 13.3. The van der Waals surface area contributed by atoms with E-state index in [9.17, 15) is 14.9 Å². The average Bonchev–Trinajstić information content (AvgIpc) is 2.52. The lowest BCUT2D eigenvalue weighted by Crippen LogP contribution is -2.24. The second kappa shape index (κ2) is 7.54. The van der Waals surface area contributed by atoms with Gasteiger partial charge in [0.2, 0.25) is 0 Å². The zero-order chi connectivity index (χ0) is 16.8. The first-order valence-electron chi connectivity index (χ1n) is 7.56. The van der Waals surface area contributed by atoms with Crippen molar-refractivity contribution < 1.29 is 9.72 Å². The molecule has 5 nitrogen and oxygen atoms in total. The van der Waals surface area contributed by atoms with Gasteiger partial charge in [-0.15, -0.1) is 0 Å². The summed E-state index contributed by atoms with van der Waals surface area (Å²) in [6, 6.07) is 12.7. The van der Waals surface area contributed by atoms with E-state index in [0.717, 1.165) is 12.8 Å². The molecule has 0 fully saturated rings. The third kappa shape index (κ3) is 4.64. The highest BCUT2D eigenvalue weighted by Gasteiger charge is 2.13. The van der Waals surface area contributed by atoms with Crippen molar-refractivity contribution in [2.45, 2.75) is 26.7 Å². The predicted molar refractivity (Wildman–Crippen MR) is 89.7 cm³/mol. The Kier molecular flexibility index (Phi) is 5.46. The maximum Gasteiger partial charge on any atom is 0.272 e. The molecule has 0 aliphatic heterocycles. The molecule has 0 aliphatic rings. The van der Waals surface area contributed by atoms with Crippen LogP contribution in [0.3, 0.4) is 0 Å². The third-order valence-electron chi connectivity index (χ3n) is 3.70. The number of aryl methyl sites for hydroxylation is 3. The minimum Gasteiger partial charge on any atom is -0.352 e. The quantitative estimate of drug-likeness (QED) is 0.503. The molecule has 0 atom stereocenters. The number of carbonyl (C=O) groups is 1. The summed E-state index contributed by atoms with van der Waals surface area (Å²) >= 11 is 0. The molecule has 5 heteroatoms. The van der Waals surface area contributed by atoms with Crippen molar-refractivity contribution in [2.24, 2.45) is 0 Å². The number of hydrogen-bond donors (Lipinski definition) is 1. The topological polar surface area (TPSA) is 72.2 Å². The number of benzene rings is 2. The molecule has 2 rings (SSSR count). The van der Waals surface area contributed by atoms with Crippen LogP contribution in [-0.4, -0.2) is 17.4 Å². The molecule has 0 aliphatic carbocycles. The lowest BCUT2D eigenvalue weighted by Gasteiger charge is -2.07. The fraction of sp³-hybridized carbons (Fsp3) is 0.278. The fourth-order valence-electron chi connectivity index (χ4n) is 2.35. The highest BCUT2D eigenvalue weighted by Crippen LogP contribution is 2.18. The lowest BCUT2D eigenvalue weighted by atomic mass is 10.1. The summed E-state index contributed by atoms with van der Waals surface area (Å²) in [7, 11) is 0. The molecule has 1 N–H and O–H groups in total. The highest BCUT2D eigenvalue weighted by atomic mass is 16.6. The predicted octanol–water partition coefficient (Wildman–Crippen LogP) is 3.57. The maximum atomic E-state index is 12.1. The largest absolute Gasteiger partial charge is 0.352 e. The number of hydrogen-bond acceptors (Lipinski definition) is 3. The molecule has 0 spiro atoms. The number of nitro benzene ring substituents is 1. The molecule has 0 aromatic heterocycles. The van der Waals surface area contributed by atoms with Crippen LogP contribution in [0.2, 0.25) is 0 Å². The Morgan fingerprint density at radius 3 is 2.43 bits per heavy atom. The van der Waals surface area contributed by atoms with Crippen molar-refractivity contribution in [3.8, 4) is 0 Å². The first-order chi connectivity index (χ1) is 11.0. The normalized spacial score (nSPS) is 10.3. The van der Waals surface area contributed by atoms with E-state index in [-0.39, 0.29) is 11.6 Å². The minimum atomic E-state index is -0.446. The SMILES string of the molecule is Cc1ccc(CCCNC(=O)c2ccc([N+](=O)[O-])c(C)c2)cc1. The van der Waals surface area contributed by atoms with Crippen LogP contribution in [-0.2, 0) is 6.42 Å². The van der Waals surface area contributed by atoms with Gasteiger partial charge in [0.05, 0.1) is 4.92 Å². The molecule has 0 unspecified atom stereocenters. The molecule has 1 amide bonds. The molecule has 0 saturated heterocycles. The van der Waals surface area contributed by atoms with Gasteiger partial charge in [-0.2, -0.15) is 0 Å². The lowest BCUT2D eigenvalue weighted by molar-refractivity contribution is -0.385. The van der Waals surface area contributed by atoms with E-state index >= 15 is 0 Å². The average molecular weight is 312 g/mol. The molecule has 0 saturated carbocycles. The summed E-state index contributed by atoms with van der Waals surface area (Å²) in [6.45, 7) is 4.26. The number of carbonyl (C=O) groups excluding carboxylic acids is 1. The van der Waals surface area contributed by atoms with Crippen molar-refractivity contribution in [3.63, 3.8) is 0 Å². The van der Waals surface area contributed by atoms with Crippen molar-refractivity contribution in [1.29, 1.82) is 0 Å². The minimum absolute atomic E-state index is 0.0286. The van der Waals surface area contributed by atoms with Crippen LogP contribution in [0.1, 0.15) is 33.5 Å².